The molecule has 104 valence electrons. The molecule has 2 rings (SSSR count). The molecule has 0 bridgehead atoms. The van der Waals surface area contributed by atoms with Crippen molar-refractivity contribution < 1.29 is 9.53 Å². The molecule has 0 spiro atoms. The summed E-state index contributed by atoms with van der Waals surface area (Å²) in [5, 5.41) is 3.25. The molecule has 1 aliphatic heterocycles. The highest BCUT2D eigenvalue weighted by molar-refractivity contribution is 5.79. The molecule has 0 aromatic rings. The van der Waals surface area contributed by atoms with Crippen molar-refractivity contribution in [2.45, 2.75) is 51.0 Å². The van der Waals surface area contributed by atoms with Crippen molar-refractivity contribution in [2.75, 3.05) is 19.8 Å². The van der Waals surface area contributed by atoms with Gasteiger partial charge in [-0.25, -0.2) is 0 Å². The second-order valence-electron chi connectivity index (χ2n) is 6.12. The van der Waals surface area contributed by atoms with Crippen LogP contribution in [0.2, 0.25) is 0 Å². The molecular formula is C14H26N2O2. The Morgan fingerprint density at radius 2 is 1.89 bits per heavy atom. The summed E-state index contributed by atoms with van der Waals surface area (Å²) in [7, 11) is 0. The summed E-state index contributed by atoms with van der Waals surface area (Å²) in [4.78, 5) is 12.3. The van der Waals surface area contributed by atoms with E-state index in [1.807, 2.05) is 0 Å². The van der Waals surface area contributed by atoms with Crippen LogP contribution in [0, 0.1) is 11.8 Å². The molecule has 1 heterocycles. The summed E-state index contributed by atoms with van der Waals surface area (Å²) in [6.45, 7) is 4.43. The third-order valence-electron chi connectivity index (χ3n) is 4.57. The minimum absolute atomic E-state index is 0.0555. The number of ether oxygens (including phenoxy) is 1. The smallest absolute Gasteiger partial charge is 0.223 e. The van der Waals surface area contributed by atoms with Crippen LogP contribution in [0.5, 0.6) is 0 Å². The zero-order valence-electron chi connectivity index (χ0n) is 11.4. The van der Waals surface area contributed by atoms with Gasteiger partial charge in [-0.05, 0) is 57.9 Å². The molecule has 3 N–H and O–H groups in total. The number of nitrogens with one attached hydrogen (secondary N) is 1. The van der Waals surface area contributed by atoms with Gasteiger partial charge in [0.1, 0.15) is 0 Å². The van der Waals surface area contributed by atoms with Gasteiger partial charge in [-0.15, -0.1) is 0 Å². The molecule has 1 saturated carbocycles. The van der Waals surface area contributed by atoms with Crippen LogP contribution in [0.25, 0.3) is 0 Å². The third-order valence-corrected chi connectivity index (χ3v) is 4.57. The predicted molar refractivity (Wildman–Crippen MR) is 71.1 cm³/mol. The molecular weight excluding hydrogens is 228 g/mol. The molecule has 4 nitrogen and oxygen atoms in total. The Morgan fingerprint density at radius 3 is 2.44 bits per heavy atom. The number of hydrogen-bond donors (Lipinski definition) is 2. The van der Waals surface area contributed by atoms with Gasteiger partial charge >= 0.3 is 0 Å². The Hall–Kier alpha value is -0.610. The molecule has 2 aliphatic rings. The first-order valence-electron chi connectivity index (χ1n) is 7.23. The summed E-state index contributed by atoms with van der Waals surface area (Å²) in [5.41, 5.74) is 5.63. The SMILES string of the molecule is CC1(NC(=O)C2CCC(CN)CC2)CCOCC1. The van der Waals surface area contributed by atoms with Crippen molar-refractivity contribution in [1.29, 1.82) is 0 Å². The van der Waals surface area contributed by atoms with Gasteiger partial charge in [0.25, 0.3) is 0 Å². The highest BCUT2D eigenvalue weighted by atomic mass is 16.5. The first kappa shape index (κ1) is 13.8. The fourth-order valence-corrected chi connectivity index (χ4v) is 3.01. The first-order chi connectivity index (χ1) is 8.63. The van der Waals surface area contributed by atoms with Crippen molar-refractivity contribution in [3.63, 3.8) is 0 Å². The lowest BCUT2D eigenvalue weighted by Crippen LogP contribution is -2.51. The van der Waals surface area contributed by atoms with Gasteiger partial charge in [-0.3, -0.25) is 4.79 Å². The van der Waals surface area contributed by atoms with E-state index in [0.29, 0.717) is 5.92 Å². The second-order valence-corrected chi connectivity index (χ2v) is 6.12. The van der Waals surface area contributed by atoms with Crippen LogP contribution in [0.4, 0.5) is 0 Å². The molecule has 0 aromatic heterocycles. The van der Waals surface area contributed by atoms with Crippen LogP contribution >= 0.6 is 0 Å². The number of carbonyl (C=O) groups is 1. The van der Waals surface area contributed by atoms with Crippen LogP contribution in [0.1, 0.15) is 45.4 Å². The van der Waals surface area contributed by atoms with Crippen molar-refractivity contribution in [2.24, 2.45) is 17.6 Å². The molecule has 0 radical (unpaired) electrons. The largest absolute Gasteiger partial charge is 0.381 e. The van der Waals surface area contributed by atoms with Gasteiger partial charge in [0.05, 0.1) is 0 Å². The Bertz CT molecular complexity index is 280. The summed E-state index contributed by atoms with van der Waals surface area (Å²) in [6.07, 6.45) is 6.07. The fourth-order valence-electron chi connectivity index (χ4n) is 3.01. The molecule has 1 saturated heterocycles. The summed E-state index contributed by atoms with van der Waals surface area (Å²) >= 11 is 0. The van der Waals surface area contributed by atoms with E-state index in [2.05, 4.69) is 12.2 Å². The van der Waals surface area contributed by atoms with Crippen LogP contribution in [0.15, 0.2) is 0 Å². The van der Waals surface area contributed by atoms with Gasteiger partial charge in [-0.1, -0.05) is 0 Å². The normalized spacial score (nSPS) is 31.9. The van der Waals surface area contributed by atoms with Gasteiger partial charge in [0.15, 0.2) is 0 Å². The monoisotopic (exact) mass is 254 g/mol. The average Bonchev–Trinajstić information content (AvgIpc) is 2.39. The Kier molecular flexibility index (Phi) is 4.62. The van der Waals surface area contributed by atoms with Crippen molar-refractivity contribution in [3.8, 4) is 0 Å². The second kappa shape index (κ2) is 6.02. The summed E-state index contributed by atoms with van der Waals surface area (Å²) < 4.78 is 5.36. The first-order valence-corrected chi connectivity index (χ1v) is 7.23. The van der Waals surface area contributed by atoms with Crippen LogP contribution < -0.4 is 11.1 Å². The quantitative estimate of drug-likeness (QED) is 0.801. The van der Waals surface area contributed by atoms with E-state index in [0.717, 1.165) is 58.3 Å². The lowest BCUT2D eigenvalue weighted by Gasteiger charge is -2.36. The van der Waals surface area contributed by atoms with Crippen molar-refractivity contribution in [1.82, 2.24) is 5.32 Å². The van der Waals surface area contributed by atoms with Crippen LogP contribution in [-0.4, -0.2) is 31.2 Å². The van der Waals surface area contributed by atoms with E-state index in [4.69, 9.17) is 10.5 Å². The number of hydrogen-bond acceptors (Lipinski definition) is 3. The van der Waals surface area contributed by atoms with Crippen molar-refractivity contribution >= 4 is 5.91 Å². The molecule has 4 heteroatoms. The zero-order chi connectivity index (χ0) is 13.0. The number of amides is 1. The van der Waals surface area contributed by atoms with E-state index in [-0.39, 0.29) is 17.4 Å². The number of carbonyl (C=O) groups excluding carboxylic acids is 1. The molecule has 2 fully saturated rings. The predicted octanol–water partition coefficient (Wildman–Crippen LogP) is 1.44. The maximum absolute atomic E-state index is 12.3. The van der Waals surface area contributed by atoms with E-state index in [1.54, 1.807) is 0 Å². The van der Waals surface area contributed by atoms with Crippen LogP contribution in [-0.2, 0) is 9.53 Å². The Labute approximate surface area is 110 Å². The van der Waals surface area contributed by atoms with Gasteiger partial charge in [-0.2, -0.15) is 0 Å². The fraction of sp³-hybridized carbons (Fsp3) is 0.929. The maximum atomic E-state index is 12.3. The third kappa shape index (κ3) is 3.45. The number of nitrogens with two attached hydrogens (primary N) is 1. The standard InChI is InChI=1S/C14H26N2O2/c1-14(6-8-18-9-7-14)16-13(17)12-4-2-11(10-15)3-5-12/h11-12H,2-10,15H2,1H3,(H,16,17). The molecule has 18 heavy (non-hydrogen) atoms. The topological polar surface area (TPSA) is 64.4 Å². The highest BCUT2D eigenvalue weighted by Crippen LogP contribution is 2.29. The minimum Gasteiger partial charge on any atom is -0.381 e. The molecule has 1 aliphatic carbocycles. The van der Waals surface area contributed by atoms with E-state index < -0.39 is 0 Å². The van der Waals surface area contributed by atoms with Crippen LogP contribution in [0.3, 0.4) is 0 Å². The molecule has 0 unspecified atom stereocenters. The molecule has 0 aromatic carbocycles. The Balaban J connectivity index is 1.81. The maximum Gasteiger partial charge on any atom is 0.223 e. The minimum atomic E-state index is -0.0555. The molecule has 0 atom stereocenters. The van der Waals surface area contributed by atoms with Gasteiger partial charge in [0.2, 0.25) is 5.91 Å². The van der Waals surface area contributed by atoms with E-state index in [1.165, 1.54) is 0 Å². The Morgan fingerprint density at radius 1 is 1.28 bits per heavy atom. The van der Waals surface area contributed by atoms with Crippen molar-refractivity contribution in [3.05, 3.63) is 0 Å². The summed E-state index contributed by atoms with van der Waals surface area (Å²) in [5.74, 6) is 1.08. The van der Waals surface area contributed by atoms with E-state index in [9.17, 15) is 4.79 Å². The lowest BCUT2D eigenvalue weighted by atomic mass is 9.81. The van der Waals surface area contributed by atoms with E-state index >= 15 is 0 Å². The number of rotatable bonds is 3. The highest BCUT2D eigenvalue weighted by Gasteiger charge is 2.33. The molecule has 1 amide bonds. The lowest BCUT2D eigenvalue weighted by molar-refractivity contribution is -0.129. The van der Waals surface area contributed by atoms with Gasteiger partial charge < -0.3 is 15.8 Å². The average molecular weight is 254 g/mol. The zero-order valence-corrected chi connectivity index (χ0v) is 11.4. The van der Waals surface area contributed by atoms with Gasteiger partial charge in [0, 0.05) is 24.7 Å². The summed E-state index contributed by atoms with van der Waals surface area (Å²) in [6, 6.07) is 0.